The molecule has 3 aromatic rings. The number of aryl methyl sites for hydroxylation is 1. The molecule has 0 spiro atoms. The first-order chi connectivity index (χ1) is 11.2. The predicted molar refractivity (Wildman–Crippen MR) is 88.9 cm³/mol. The number of carbonyl (C=O) groups is 1. The SMILES string of the molecule is CCOC(=O)c1cc(OCOC)c2c(c1)c1ccccc1n2C. The van der Waals surface area contributed by atoms with Gasteiger partial charge in [0.1, 0.15) is 5.75 Å². The zero-order chi connectivity index (χ0) is 16.4. The minimum absolute atomic E-state index is 0.114. The number of esters is 1. The van der Waals surface area contributed by atoms with Crippen molar-refractivity contribution in [2.24, 2.45) is 7.05 Å². The van der Waals surface area contributed by atoms with E-state index in [1.54, 1.807) is 20.1 Å². The molecular weight excluding hydrogens is 294 g/mol. The maximum Gasteiger partial charge on any atom is 0.338 e. The summed E-state index contributed by atoms with van der Waals surface area (Å²) in [4.78, 5) is 12.1. The number of hydrogen-bond donors (Lipinski definition) is 0. The van der Waals surface area contributed by atoms with Crippen molar-refractivity contribution in [3.05, 3.63) is 42.0 Å². The van der Waals surface area contributed by atoms with Gasteiger partial charge in [0.05, 0.1) is 17.7 Å². The summed E-state index contributed by atoms with van der Waals surface area (Å²) in [7, 11) is 3.54. The molecule has 1 heterocycles. The molecule has 23 heavy (non-hydrogen) atoms. The van der Waals surface area contributed by atoms with Gasteiger partial charge in [-0.2, -0.15) is 0 Å². The molecule has 0 aliphatic rings. The quantitative estimate of drug-likeness (QED) is 0.534. The molecule has 0 amide bonds. The van der Waals surface area contributed by atoms with E-state index in [2.05, 4.69) is 4.57 Å². The molecule has 3 rings (SSSR count). The number of ether oxygens (including phenoxy) is 3. The van der Waals surface area contributed by atoms with Crippen LogP contribution in [-0.4, -0.2) is 31.0 Å². The van der Waals surface area contributed by atoms with Crippen molar-refractivity contribution < 1.29 is 19.0 Å². The van der Waals surface area contributed by atoms with E-state index in [1.165, 1.54) is 0 Å². The number of benzene rings is 2. The third-order valence-electron chi connectivity index (χ3n) is 3.81. The fourth-order valence-corrected chi connectivity index (χ4v) is 2.84. The van der Waals surface area contributed by atoms with E-state index in [9.17, 15) is 4.79 Å². The number of rotatable bonds is 5. The first-order valence-electron chi connectivity index (χ1n) is 7.47. The summed E-state index contributed by atoms with van der Waals surface area (Å²) in [6, 6.07) is 11.6. The second-order valence-electron chi connectivity index (χ2n) is 5.22. The topological polar surface area (TPSA) is 49.7 Å². The number of methoxy groups -OCH3 is 1. The summed E-state index contributed by atoms with van der Waals surface area (Å²) in [5, 5.41) is 2.03. The Hall–Kier alpha value is -2.53. The highest BCUT2D eigenvalue weighted by Gasteiger charge is 2.17. The molecule has 5 nitrogen and oxygen atoms in total. The monoisotopic (exact) mass is 313 g/mol. The average Bonchev–Trinajstić information content (AvgIpc) is 2.86. The number of aromatic nitrogens is 1. The minimum atomic E-state index is -0.357. The summed E-state index contributed by atoms with van der Waals surface area (Å²) in [5.74, 6) is 0.246. The second kappa shape index (κ2) is 6.30. The zero-order valence-corrected chi connectivity index (χ0v) is 13.5. The molecule has 120 valence electrons. The first kappa shape index (κ1) is 15.4. The van der Waals surface area contributed by atoms with Gasteiger partial charge in [-0.05, 0) is 25.1 Å². The summed E-state index contributed by atoms with van der Waals surface area (Å²) in [6.45, 7) is 2.24. The van der Waals surface area contributed by atoms with Crippen LogP contribution in [0.1, 0.15) is 17.3 Å². The highest BCUT2D eigenvalue weighted by atomic mass is 16.7. The molecule has 0 N–H and O–H groups in total. The minimum Gasteiger partial charge on any atom is -0.465 e. The van der Waals surface area contributed by atoms with Crippen LogP contribution in [0.5, 0.6) is 5.75 Å². The van der Waals surface area contributed by atoms with Gasteiger partial charge in [-0.3, -0.25) is 0 Å². The van der Waals surface area contributed by atoms with Gasteiger partial charge < -0.3 is 18.8 Å². The van der Waals surface area contributed by atoms with Crippen LogP contribution in [0.3, 0.4) is 0 Å². The van der Waals surface area contributed by atoms with Crippen molar-refractivity contribution >= 4 is 27.8 Å². The van der Waals surface area contributed by atoms with E-state index in [1.807, 2.05) is 37.4 Å². The van der Waals surface area contributed by atoms with Gasteiger partial charge in [0.2, 0.25) is 0 Å². The molecule has 0 atom stereocenters. The Morgan fingerprint density at radius 3 is 2.70 bits per heavy atom. The Balaban J connectivity index is 2.29. The molecule has 0 bridgehead atoms. The Morgan fingerprint density at radius 1 is 1.17 bits per heavy atom. The van der Waals surface area contributed by atoms with E-state index in [-0.39, 0.29) is 12.8 Å². The summed E-state index contributed by atoms with van der Waals surface area (Å²) < 4.78 is 17.9. The summed E-state index contributed by atoms with van der Waals surface area (Å²) in [6.07, 6.45) is 0. The molecule has 0 aliphatic carbocycles. The van der Waals surface area contributed by atoms with Crippen LogP contribution in [0.25, 0.3) is 21.8 Å². The average molecular weight is 313 g/mol. The van der Waals surface area contributed by atoms with E-state index in [0.29, 0.717) is 17.9 Å². The van der Waals surface area contributed by atoms with E-state index in [4.69, 9.17) is 14.2 Å². The predicted octanol–water partition coefficient (Wildman–Crippen LogP) is 3.49. The largest absolute Gasteiger partial charge is 0.465 e. The van der Waals surface area contributed by atoms with Crippen LogP contribution in [0, 0.1) is 0 Å². The summed E-state index contributed by atoms with van der Waals surface area (Å²) >= 11 is 0. The fourth-order valence-electron chi connectivity index (χ4n) is 2.84. The van der Waals surface area contributed by atoms with Gasteiger partial charge in [-0.15, -0.1) is 0 Å². The van der Waals surface area contributed by atoms with Gasteiger partial charge in [0, 0.05) is 30.4 Å². The van der Waals surface area contributed by atoms with E-state index >= 15 is 0 Å². The van der Waals surface area contributed by atoms with E-state index in [0.717, 1.165) is 21.8 Å². The van der Waals surface area contributed by atoms with Crippen LogP contribution in [0.4, 0.5) is 0 Å². The van der Waals surface area contributed by atoms with Crippen molar-refractivity contribution in [1.29, 1.82) is 0 Å². The Labute approximate surface area is 134 Å². The van der Waals surface area contributed by atoms with E-state index < -0.39 is 0 Å². The number of para-hydroxylation sites is 1. The van der Waals surface area contributed by atoms with Crippen LogP contribution in [0.15, 0.2) is 36.4 Å². The third kappa shape index (κ3) is 2.64. The number of fused-ring (bicyclic) bond motifs is 3. The van der Waals surface area contributed by atoms with Crippen molar-refractivity contribution in [3.8, 4) is 5.75 Å². The molecule has 0 radical (unpaired) electrons. The maximum atomic E-state index is 12.1. The Bertz CT molecular complexity index is 866. The Morgan fingerprint density at radius 2 is 1.96 bits per heavy atom. The molecule has 0 saturated carbocycles. The normalized spacial score (nSPS) is 11.1. The van der Waals surface area contributed by atoms with Crippen molar-refractivity contribution in [3.63, 3.8) is 0 Å². The molecule has 2 aromatic carbocycles. The summed E-state index contributed by atoms with van der Waals surface area (Å²) in [5.41, 5.74) is 2.48. The zero-order valence-electron chi connectivity index (χ0n) is 13.5. The molecule has 0 unspecified atom stereocenters. The highest BCUT2D eigenvalue weighted by molar-refractivity contribution is 6.12. The van der Waals surface area contributed by atoms with Gasteiger partial charge in [0.25, 0.3) is 0 Å². The second-order valence-corrected chi connectivity index (χ2v) is 5.22. The van der Waals surface area contributed by atoms with Crippen molar-refractivity contribution in [2.75, 3.05) is 20.5 Å². The lowest BCUT2D eigenvalue weighted by Gasteiger charge is -2.10. The lowest BCUT2D eigenvalue weighted by atomic mass is 10.1. The maximum absolute atomic E-state index is 12.1. The Kier molecular flexibility index (Phi) is 4.21. The number of hydrogen-bond acceptors (Lipinski definition) is 4. The van der Waals surface area contributed by atoms with Gasteiger partial charge >= 0.3 is 5.97 Å². The lowest BCUT2D eigenvalue weighted by Crippen LogP contribution is -2.07. The number of carbonyl (C=O) groups excluding carboxylic acids is 1. The van der Waals surface area contributed by atoms with Gasteiger partial charge in [-0.25, -0.2) is 4.79 Å². The molecule has 0 fully saturated rings. The molecule has 1 aromatic heterocycles. The molecular formula is C18H19NO4. The molecule has 0 aliphatic heterocycles. The fraction of sp³-hybridized carbons (Fsp3) is 0.278. The highest BCUT2D eigenvalue weighted by Crippen LogP contribution is 2.35. The smallest absolute Gasteiger partial charge is 0.338 e. The molecule has 5 heteroatoms. The van der Waals surface area contributed by atoms with Gasteiger partial charge in [-0.1, -0.05) is 18.2 Å². The van der Waals surface area contributed by atoms with Crippen LogP contribution in [-0.2, 0) is 16.5 Å². The first-order valence-corrected chi connectivity index (χ1v) is 7.47. The van der Waals surface area contributed by atoms with Crippen LogP contribution < -0.4 is 4.74 Å². The van der Waals surface area contributed by atoms with Gasteiger partial charge in [0.15, 0.2) is 6.79 Å². The molecule has 0 saturated heterocycles. The third-order valence-corrected chi connectivity index (χ3v) is 3.81. The number of nitrogens with zero attached hydrogens (tertiary/aromatic N) is 1. The standard InChI is InChI=1S/C18H19NO4/c1-4-22-18(20)12-9-14-13-7-5-6-8-15(13)19(2)17(14)16(10-12)23-11-21-3/h5-10H,4,11H2,1-3H3. The van der Waals surface area contributed by atoms with Crippen molar-refractivity contribution in [1.82, 2.24) is 4.57 Å². The van der Waals surface area contributed by atoms with Crippen molar-refractivity contribution in [2.45, 2.75) is 6.92 Å². The van der Waals surface area contributed by atoms with Crippen LogP contribution in [0.2, 0.25) is 0 Å². The lowest BCUT2D eigenvalue weighted by molar-refractivity contribution is 0.0496. The van der Waals surface area contributed by atoms with Crippen LogP contribution >= 0.6 is 0 Å².